The fraction of sp³-hybridized carbons (Fsp3) is 0.217. The van der Waals surface area contributed by atoms with Crippen molar-refractivity contribution < 1.29 is 9.59 Å². The Morgan fingerprint density at radius 3 is 2.45 bits per heavy atom. The van der Waals surface area contributed by atoms with Crippen molar-refractivity contribution >= 4 is 40.0 Å². The number of thioether (sulfide) groups is 1. The molecule has 0 saturated carbocycles. The Morgan fingerprint density at radius 1 is 0.966 bits per heavy atom. The Balaban J connectivity index is 1.70. The highest BCUT2D eigenvalue weighted by Gasteiger charge is 2.20. The first-order valence-electron chi connectivity index (χ1n) is 9.37. The maximum Gasteiger partial charge on any atom is 0.313 e. The molecule has 150 valence electrons. The maximum atomic E-state index is 12.4. The normalized spacial score (nSPS) is 12.0. The van der Waals surface area contributed by atoms with E-state index >= 15 is 0 Å². The van der Waals surface area contributed by atoms with Crippen molar-refractivity contribution in [2.24, 2.45) is 0 Å². The van der Waals surface area contributed by atoms with Crippen LogP contribution in [0.25, 0.3) is 10.8 Å². The summed E-state index contributed by atoms with van der Waals surface area (Å²) in [7, 11) is 3.93. The Kier molecular flexibility index (Phi) is 6.90. The molecule has 5 nitrogen and oxygen atoms in total. The molecule has 3 aromatic rings. The molecule has 0 bridgehead atoms. The molecule has 6 heteroatoms. The van der Waals surface area contributed by atoms with Crippen LogP contribution in [0.4, 0.5) is 5.69 Å². The number of nitrogens with one attached hydrogen (secondary N) is 2. The summed E-state index contributed by atoms with van der Waals surface area (Å²) in [6.07, 6.45) is 1.96. The zero-order valence-corrected chi connectivity index (χ0v) is 17.6. The van der Waals surface area contributed by atoms with Crippen LogP contribution >= 0.6 is 11.8 Å². The van der Waals surface area contributed by atoms with Gasteiger partial charge >= 0.3 is 11.8 Å². The Labute approximate surface area is 175 Å². The van der Waals surface area contributed by atoms with Crippen LogP contribution in [0.1, 0.15) is 11.6 Å². The van der Waals surface area contributed by atoms with Gasteiger partial charge in [0.1, 0.15) is 0 Å². The summed E-state index contributed by atoms with van der Waals surface area (Å²) in [6.45, 7) is 0.331. The zero-order chi connectivity index (χ0) is 20.8. The molecular formula is C23H25N3O2S. The summed E-state index contributed by atoms with van der Waals surface area (Å²) in [4.78, 5) is 27.7. The predicted octanol–water partition coefficient (Wildman–Crippen LogP) is 3.92. The summed E-state index contributed by atoms with van der Waals surface area (Å²) in [5.74, 6) is -1.31. The van der Waals surface area contributed by atoms with Gasteiger partial charge in [-0.1, -0.05) is 48.5 Å². The molecule has 0 saturated heterocycles. The Morgan fingerprint density at radius 2 is 1.69 bits per heavy atom. The first kappa shape index (κ1) is 20.9. The van der Waals surface area contributed by atoms with Gasteiger partial charge in [0.2, 0.25) is 0 Å². The highest BCUT2D eigenvalue weighted by molar-refractivity contribution is 7.98. The van der Waals surface area contributed by atoms with E-state index in [2.05, 4.69) is 34.9 Å². The van der Waals surface area contributed by atoms with Gasteiger partial charge in [0, 0.05) is 17.1 Å². The van der Waals surface area contributed by atoms with Crippen LogP contribution < -0.4 is 10.6 Å². The van der Waals surface area contributed by atoms with Gasteiger partial charge in [-0.25, -0.2) is 0 Å². The molecule has 3 aromatic carbocycles. The minimum absolute atomic E-state index is 0.0577. The lowest BCUT2D eigenvalue weighted by Crippen LogP contribution is -2.40. The largest absolute Gasteiger partial charge is 0.346 e. The second-order valence-corrected chi connectivity index (χ2v) is 7.82. The molecule has 0 fully saturated rings. The third-order valence-electron chi connectivity index (χ3n) is 4.80. The minimum atomic E-state index is -0.668. The molecule has 0 radical (unpaired) electrons. The number of nitrogens with zero attached hydrogens (tertiary/aromatic N) is 1. The molecule has 2 amide bonds. The van der Waals surface area contributed by atoms with Crippen molar-refractivity contribution in [3.05, 3.63) is 72.3 Å². The molecule has 1 unspecified atom stereocenters. The van der Waals surface area contributed by atoms with Crippen LogP contribution in [-0.4, -0.2) is 43.6 Å². The third-order valence-corrected chi connectivity index (χ3v) is 5.52. The first-order chi connectivity index (χ1) is 14.0. The van der Waals surface area contributed by atoms with Crippen molar-refractivity contribution in [2.45, 2.75) is 10.9 Å². The van der Waals surface area contributed by atoms with E-state index in [1.54, 1.807) is 17.8 Å². The molecule has 3 rings (SSSR count). The van der Waals surface area contributed by atoms with Crippen LogP contribution in [0.15, 0.2) is 71.6 Å². The average Bonchev–Trinajstić information content (AvgIpc) is 2.73. The molecule has 0 aromatic heterocycles. The molecular weight excluding hydrogens is 382 g/mol. The molecule has 0 spiro atoms. The third kappa shape index (κ3) is 5.16. The summed E-state index contributed by atoms with van der Waals surface area (Å²) in [5.41, 5.74) is 1.72. The van der Waals surface area contributed by atoms with Gasteiger partial charge in [0.15, 0.2) is 0 Å². The van der Waals surface area contributed by atoms with Crippen molar-refractivity contribution in [3.63, 3.8) is 0 Å². The molecule has 29 heavy (non-hydrogen) atoms. The molecule has 0 heterocycles. The van der Waals surface area contributed by atoms with Crippen molar-refractivity contribution in [2.75, 3.05) is 32.2 Å². The van der Waals surface area contributed by atoms with E-state index < -0.39 is 11.8 Å². The smallest absolute Gasteiger partial charge is 0.313 e. The topological polar surface area (TPSA) is 61.4 Å². The Hall–Kier alpha value is -2.83. The van der Waals surface area contributed by atoms with Crippen LogP contribution in [0.2, 0.25) is 0 Å². The first-order valence-corrected chi connectivity index (χ1v) is 10.6. The van der Waals surface area contributed by atoms with Crippen molar-refractivity contribution in [1.29, 1.82) is 0 Å². The number of fused-ring (bicyclic) bond motifs is 1. The number of likely N-dealkylation sites (N-methyl/N-ethyl adjacent to an activating group) is 1. The van der Waals surface area contributed by atoms with Crippen LogP contribution in [-0.2, 0) is 9.59 Å². The monoisotopic (exact) mass is 407 g/mol. The number of anilines is 1. The van der Waals surface area contributed by atoms with Gasteiger partial charge in [0.05, 0.1) is 6.04 Å². The second kappa shape index (κ2) is 9.58. The number of carbonyl (C=O) groups is 2. The van der Waals surface area contributed by atoms with Gasteiger partial charge < -0.3 is 15.5 Å². The van der Waals surface area contributed by atoms with Crippen molar-refractivity contribution in [1.82, 2.24) is 10.2 Å². The standard InChI is InChI=1S/C23H25N3O2S/c1-26(2)21(20-13-6-9-16-8-4-5-12-19(16)20)15-24-22(27)23(28)25-17-10-7-11-18(14-17)29-3/h4-14,21H,15H2,1-3H3,(H,24,27)(H,25,28). The summed E-state index contributed by atoms with van der Waals surface area (Å²) < 4.78 is 0. The van der Waals surface area contributed by atoms with E-state index in [0.29, 0.717) is 12.2 Å². The zero-order valence-electron chi connectivity index (χ0n) is 16.8. The number of hydrogen-bond acceptors (Lipinski definition) is 4. The predicted molar refractivity (Wildman–Crippen MR) is 120 cm³/mol. The second-order valence-electron chi connectivity index (χ2n) is 6.94. The van der Waals surface area contributed by atoms with E-state index in [0.717, 1.165) is 21.2 Å². The van der Waals surface area contributed by atoms with E-state index in [4.69, 9.17) is 0 Å². The van der Waals surface area contributed by atoms with Gasteiger partial charge in [-0.15, -0.1) is 11.8 Å². The van der Waals surface area contributed by atoms with Gasteiger partial charge in [0.25, 0.3) is 0 Å². The van der Waals surface area contributed by atoms with Crippen LogP contribution in [0.5, 0.6) is 0 Å². The lowest BCUT2D eigenvalue weighted by molar-refractivity contribution is -0.136. The van der Waals surface area contributed by atoms with E-state index in [1.807, 2.05) is 61.6 Å². The van der Waals surface area contributed by atoms with Gasteiger partial charge in [-0.05, 0) is 54.9 Å². The van der Waals surface area contributed by atoms with E-state index in [9.17, 15) is 9.59 Å². The number of amides is 2. The number of rotatable bonds is 6. The molecule has 0 aliphatic heterocycles. The molecule has 0 aliphatic rings. The molecule has 0 aliphatic carbocycles. The van der Waals surface area contributed by atoms with Crippen LogP contribution in [0.3, 0.4) is 0 Å². The van der Waals surface area contributed by atoms with E-state index in [-0.39, 0.29) is 6.04 Å². The van der Waals surface area contributed by atoms with Crippen molar-refractivity contribution in [3.8, 4) is 0 Å². The van der Waals surface area contributed by atoms with Crippen LogP contribution in [0, 0.1) is 0 Å². The Bertz CT molecular complexity index is 1010. The minimum Gasteiger partial charge on any atom is -0.346 e. The summed E-state index contributed by atoms with van der Waals surface area (Å²) in [6, 6.07) is 21.7. The van der Waals surface area contributed by atoms with Gasteiger partial charge in [-0.2, -0.15) is 0 Å². The average molecular weight is 408 g/mol. The molecule has 2 N–H and O–H groups in total. The maximum absolute atomic E-state index is 12.4. The fourth-order valence-corrected chi connectivity index (χ4v) is 3.73. The lowest BCUT2D eigenvalue weighted by Gasteiger charge is -2.26. The SMILES string of the molecule is CSc1cccc(NC(=O)C(=O)NCC(c2cccc3ccccc23)N(C)C)c1. The molecule has 1 atom stereocenters. The summed E-state index contributed by atoms with van der Waals surface area (Å²) >= 11 is 1.58. The number of hydrogen-bond donors (Lipinski definition) is 2. The van der Waals surface area contributed by atoms with E-state index in [1.165, 1.54) is 0 Å². The fourth-order valence-electron chi connectivity index (χ4n) is 3.27. The van der Waals surface area contributed by atoms with Gasteiger partial charge in [-0.3, -0.25) is 9.59 Å². The number of benzene rings is 3. The lowest BCUT2D eigenvalue weighted by atomic mass is 9.98. The summed E-state index contributed by atoms with van der Waals surface area (Å²) in [5, 5.41) is 7.73. The quantitative estimate of drug-likeness (QED) is 0.480. The highest BCUT2D eigenvalue weighted by atomic mass is 32.2. The highest BCUT2D eigenvalue weighted by Crippen LogP contribution is 2.26. The number of carbonyl (C=O) groups excluding carboxylic acids is 2.